The van der Waals surface area contributed by atoms with Gasteiger partial charge in [0, 0.05) is 0 Å². The first-order valence-electron chi connectivity index (χ1n) is 14.5. The fourth-order valence-corrected chi connectivity index (χ4v) is 11.6. The van der Waals surface area contributed by atoms with Crippen molar-refractivity contribution in [3.8, 4) is 5.75 Å². The molecule has 9 heteroatoms. The Balaban J connectivity index is 1.56. The average molecular weight is 733 g/mol. The molecule has 2 aliphatic rings. The third-order valence-electron chi connectivity index (χ3n) is 8.08. The van der Waals surface area contributed by atoms with Gasteiger partial charge in [0.25, 0.3) is 8.32 Å². The Morgan fingerprint density at radius 3 is 1.95 bits per heavy atom. The number of methoxy groups -OCH3 is 1. The molecule has 0 radical (unpaired) electrons. The molecule has 0 spiro atoms. The molecule has 230 valence electrons. The summed E-state index contributed by atoms with van der Waals surface area (Å²) in [5, 5.41) is 2.16. The van der Waals surface area contributed by atoms with Crippen molar-refractivity contribution < 1.29 is 28.1 Å². The second kappa shape index (κ2) is 12.9. The van der Waals surface area contributed by atoms with E-state index in [0.717, 1.165) is 14.7 Å². The molecule has 4 atom stereocenters. The van der Waals surface area contributed by atoms with Gasteiger partial charge in [-0.25, -0.2) is 0 Å². The largest absolute Gasteiger partial charge is 0.497 e. The lowest BCUT2D eigenvalue weighted by molar-refractivity contribution is -0.239. The Bertz CT molecular complexity index is 1350. The molecule has 0 unspecified atom stereocenters. The molecule has 2 fully saturated rings. The predicted molar refractivity (Wildman–Crippen MR) is 179 cm³/mol. The monoisotopic (exact) mass is 730 g/mol. The standard InChI is InChI=1S/C34H40Br2O6Si/c1-32(2,3)43(26-13-9-7-10-14-26,27-15-11-8-12-16-27)39-23-34(21-28(35)36)30(29-31(42-34)41-33(4,5)40-29)38-22-24-17-19-25(37-6)20-18-24/h7-21,29-31H,22-23H2,1-6H3/t29-,30+,31+,34-/m1/s1. The van der Waals surface area contributed by atoms with E-state index in [4.69, 9.17) is 28.1 Å². The van der Waals surface area contributed by atoms with Crippen LogP contribution in [-0.4, -0.2) is 51.9 Å². The summed E-state index contributed by atoms with van der Waals surface area (Å²) in [7, 11) is -1.24. The van der Waals surface area contributed by atoms with Crippen LogP contribution in [-0.2, 0) is 30.0 Å². The van der Waals surface area contributed by atoms with Gasteiger partial charge in [0.15, 0.2) is 12.1 Å². The Morgan fingerprint density at radius 2 is 1.44 bits per heavy atom. The minimum absolute atomic E-state index is 0.213. The molecule has 43 heavy (non-hydrogen) atoms. The Kier molecular flexibility index (Phi) is 9.76. The van der Waals surface area contributed by atoms with E-state index >= 15 is 0 Å². The third-order valence-corrected chi connectivity index (χ3v) is 13.5. The molecule has 2 aliphatic heterocycles. The highest BCUT2D eigenvalue weighted by molar-refractivity contribution is 9.28. The Morgan fingerprint density at radius 1 is 0.860 bits per heavy atom. The van der Waals surface area contributed by atoms with Crippen LogP contribution >= 0.6 is 31.9 Å². The van der Waals surface area contributed by atoms with Gasteiger partial charge in [-0.3, -0.25) is 0 Å². The van der Waals surface area contributed by atoms with Crippen molar-refractivity contribution >= 4 is 50.6 Å². The zero-order chi connectivity index (χ0) is 30.9. The van der Waals surface area contributed by atoms with Crippen molar-refractivity contribution in [1.29, 1.82) is 0 Å². The lowest BCUT2D eigenvalue weighted by Gasteiger charge is -2.45. The van der Waals surface area contributed by atoms with Crippen molar-refractivity contribution in [3.05, 3.63) is 100.0 Å². The number of hydrogen-bond donors (Lipinski definition) is 0. The van der Waals surface area contributed by atoms with Crippen molar-refractivity contribution in [1.82, 2.24) is 0 Å². The summed E-state index contributed by atoms with van der Waals surface area (Å²) in [5.41, 5.74) is -0.0284. The van der Waals surface area contributed by atoms with Crippen LogP contribution < -0.4 is 15.1 Å². The normalized spacial score (nSPS) is 24.9. The van der Waals surface area contributed by atoms with Crippen LogP contribution in [0.4, 0.5) is 0 Å². The van der Waals surface area contributed by atoms with E-state index in [1.807, 2.05) is 56.3 Å². The van der Waals surface area contributed by atoms with Gasteiger partial charge in [-0.05, 0) is 84.9 Å². The smallest absolute Gasteiger partial charge is 0.261 e. The fourth-order valence-electron chi connectivity index (χ4n) is 6.20. The summed E-state index contributed by atoms with van der Waals surface area (Å²) in [4.78, 5) is 0. The molecule has 0 N–H and O–H groups in total. The van der Waals surface area contributed by atoms with Crippen LogP contribution in [0.1, 0.15) is 40.2 Å². The van der Waals surface area contributed by atoms with Crippen LogP contribution in [0.15, 0.2) is 94.4 Å². The first kappa shape index (κ1) is 32.6. The SMILES string of the molecule is COc1ccc(CO[C@H]2[C@H]3OC(C)(C)O[C@H]3O[C@]2(C=C(Br)Br)CO[Si](c2ccccc2)(c2ccccc2)C(C)(C)C)cc1. The lowest BCUT2D eigenvalue weighted by atomic mass is 9.96. The zero-order valence-electron chi connectivity index (χ0n) is 25.5. The van der Waals surface area contributed by atoms with E-state index in [-0.39, 0.29) is 11.6 Å². The summed E-state index contributed by atoms with van der Waals surface area (Å²) < 4.78 is 39.7. The summed E-state index contributed by atoms with van der Waals surface area (Å²) in [5.74, 6) is -0.0151. The maximum Gasteiger partial charge on any atom is 0.261 e. The first-order chi connectivity index (χ1) is 20.4. The summed E-state index contributed by atoms with van der Waals surface area (Å²) in [6.07, 6.45) is 0.340. The van der Waals surface area contributed by atoms with Crippen LogP contribution in [0.5, 0.6) is 5.75 Å². The highest BCUT2D eigenvalue weighted by Gasteiger charge is 2.63. The maximum absolute atomic E-state index is 7.40. The van der Waals surface area contributed by atoms with E-state index in [1.165, 1.54) is 10.4 Å². The van der Waals surface area contributed by atoms with Gasteiger partial charge in [-0.15, -0.1) is 0 Å². The molecule has 0 aliphatic carbocycles. The molecule has 2 heterocycles. The van der Waals surface area contributed by atoms with E-state index in [2.05, 4.69) is 101 Å². The van der Waals surface area contributed by atoms with Gasteiger partial charge in [-0.2, -0.15) is 0 Å². The summed E-state index contributed by atoms with van der Waals surface area (Å²) in [6, 6.07) is 29.0. The van der Waals surface area contributed by atoms with Crippen molar-refractivity contribution in [3.63, 3.8) is 0 Å². The molecule has 0 bridgehead atoms. The molecule has 2 saturated heterocycles. The van der Waals surface area contributed by atoms with Gasteiger partial charge in [0.1, 0.15) is 23.6 Å². The van der Waals surface area contributed by atoms with Gasteiger partial charge in [-0.1, -0.05) is 93.6 Å². The van der Waals surface area contributed by atoms with Crippen molar-refractivity contribution in [2.45, 2.75) is 76.1 Å². The maximum atomic E-state index is 7.40. The van der Waals surface area contributed by atoms with Crippen LogP contribution in [0.2, 0.25) is 5.04 Å². The van der Waals surface area contributed by atoms with Crippen LogP contribution in [0, 0.1) is 0 Å². The van der Waals surface area contributed by atoms with E-state index < -0.39 is 38.2 Å². The number of fused-ring (bicyclic) bond motifs is 1. The second-order valence-electron chi connectivity index (χ2n) is 12.5. The van der Waals surface area contributed by atoms with E-state index in [1.54, 1.807) is 7.11 Å². The van der Waals surface area contributed by atoms with Crippen LogP contribution in [0.25, 0.3) is 0 Å². The Labute approximate surface area is 273 Å². The molecule has 3 aromatic rings. The minimum Gasteiger partial charge on any atom is -0.497 e. The number of rotatable bonds is 10. The number of hydrogen-bond acceptors (Lipinski definition) is 6. The molecule has 5 rings (SSSR count). The predicted octanol–water partition coefficient (Wildman–Crippen LogP) is 7.03. The summed E-state index contributed by atoms with van der Waals surface area (Å²) >= 11 is 7.23. The number of benzene rings is 3. The fraction of sp³-hybridized carbons (Fsp3) is 0.412. The molecule has 0 aromatic heterocycles. The minimum atomic E-state index is -2.90. The average Bonchev–Trinajstić information content (AvgIpc) is 3.40. The highest BCUT2D eigenvalue weighted by Crippen LogP contribution is 2.47. The molecule has 0 amide bonds. The lowest BCUT2D eigenvalue weighted by Crippen LogP contribution is -2.68. The highest BCUT2D eigenvalue weighted by atomic mass is 79.9. The van der Waals surface area contributed by atoms with Gasteiger partial charge >= 0.3 is 0 Å². The van der Waals surface area contributed by atoms with Crippen molar-refractivity contribution in [2.75, 3.05) is 13.7 Å². The number of halogens is 2. The molecular formula is C34H40Br2O6Si. The quantitative estimate of drug-likeness (QED) is 0.209. The topological polar surface area (TPSA) is 55.4 Å². The van der Waals surface area contributed by atoms with Crippen LogP contribution in [0.3, 0.4) is 0 Å². The first-order valence-corrected chi connectivity index (χ1v) is 18.0. The molecular weight excluding hydrogens is 692 g/mol. The second-order valence-corrected chi connectivity index (χ2v) is 19.6. The van der Waals surface area contributed by atoms with Gasteiger partial charge in [0.2, 0.25) is 0 Å². The zero-order valence-corrected chi connectivity index (χ0v) is 29.7. The molecule has 0 saturated carbocycles. The molecule has 6 nitrogen and oxygen atoms in total. The van der Waals surface area contributed by atoms with Gasteiger partial charge < -0.3 is 28.1 Å². The van der Waals surface area contributed by atoms with E-state index in [9.17, 15) is 0 Å². The van der Waals surface area contributed by atoms with Gasteiger partial charge in [0.05, 0.1) is 23.7 Å². The van der Waals surface area contributed by atoms with E-state index in [0.29, 0.717) is 6.61 Å². The number of ether oxygens (including phenoxy) is 5. The van der Waals surface area contributed by atoms with Crippen molar-refractivity contribution in [2.24, 2.45) is 0 Å². The summed E-state index contributed by atoms with van der Waals surface area (Å²) in [6.45, 7) is 11.1. The third kappa shape index (κ3) is 6.74. The molecule has 3 aromatic carbocycles. The Hall–Kier alpha value is -1.82.